The van der Waals surface area contributed by atoms with E-state index in [1.165, 1.54) is 0 Å². The number of fused-ring (bicyclic) bond motifs is 1. The molecule has 0 aliphatic carbocycles. The highest BCUT2D eigenvalue weighted by atomic mass is 35.5. The van der Waals surface area contributed by atoms with Gasteiger partial charge < -0.3 is 0 Å². The molecule has 112 valence electrons. The third kappa shape index (κ3) is 2.18. The van der Waals surface area contributed by atoms with Gasteiger partial charge in [-0.2, -0.15) is 0 Å². The fraction of sp³-hybridized carbons (Fsp3) is 0. The summed E-state index contributed by atoms with van der Waals surface area (Å²) >= 11 is 5.83. The van der Waals surface area contributed by atoms with Gasteiger partial charge in [0.05, 0.1) is 9.82 Å². The molecule has 0 unspecified atom stereocenters. The lowest BCUT2D eigenvalue weighted by molar-refractivity contribution is -0.384. The first kappa shape index (κ1) is 14.4. The normalized spacial score (nSPS) is 11.7. The number of non-ortho nitro benzene ring substituents is 1. The predicted molar refractivity (Wildman–Crippen MR) is 76.0 cm³/mol. The Labute approximate surface area is 128 Å². The van der Waals surface area contributed by atoms with E-state index in [1.54, 1.807) is 0 Å². The van der Waals surface area contributed by atoms with Crippen molar-refractivity contribution in [3.8, 4) is 0 Å². The van der Waals surface area contributed by atoms with Gasteiger partial charge in [0.1, 0.15) is 18.2 Å². The van der Waals surface area contributed by atoms with Crippen molar-refractivity contribution in [2.24, 2.45) is 0 Å². The van der Waals surface area contributed by atoms with Crippen molar-refractivity contribution in [1.29, 1.82) is 0 Å². The van der Waals surface area contributed by atoms with Gasteiger partial charge >= 0.3 is 0 Å². The van der Waals surface area contributed by atoms with Crippen molar-refractivity contribution < 1.29 is 13.3 Å². The highest BCUT2D eigenvalue weighted by molar-refractivity contribution is 7.90. The number of nitro benzene ring substituents is 1. The van der Waals surface area contributed by atoms with Gasteiger partial charge in [0.2, 0.25) is 0 Å². The molecule has 0 bridgehead atoms. The minimum atomic E-state index is -4.00. The van der Waals surface area contributed by atoms with Crippen molar-refractivity contribution in [3.63, 3.8) is 0 Å². The van der Waals surface area contributed by atoms with Crippen LogP contribution in [-0.2, 0) is 10.0 Å². The van der Waals surface area contributed by atoms with Crippen LogP contribution in [0.2, 0.25) is 5.15 Å². The predicted octanol–water partition coefficient (Wildman–Crippen LogP) is 1.62. The molecule has 0 radical (unpaired) electrons. The van der Waals surface area contributed by atoms with E-state index in [0.29, 0.717) is 0 Å². The van der Waals surface area contributed by atoms with E-state index in [9.17, 15) is 18.5 Å². The Morgan fingerprint density at radius 3 is 2.45 bits per heavy atom. The van der Waals surface area contributed by atoms with Crippen molar-refractivity contribution in [3.05, 3.63) is 52.2 Å². The van der Waals surface area contributed by atoms with Gasteiger partial charge in [-0.25, -0.2) is 27.3 Å². The smallest absolute Gasteiger partial charge is 0.258 e. The SMILES string of the molecule is O=[N+]([O-])c1ccc(S(=O)(=O)n2cnc3c(Cl)ncnc32)cc1. The van der Waals surface area contributed by atoms with Crippen LogP contribution in [0.5, 0.6) is 0 Å². The third-order valence-corrected chi connectivity index (χ3v) is 4.79. The van der Waals surface area contributed by atoms with E-state index < -0.39 is 14.9 Å². The molecule has 0 saturated heterocycles. The van der Waals surface area contributed by atoms with Crippen LogP contribution in [0.3, 0.4) is 0 Å². The number of rotatable bonds is 3. The lowest BCUT2D eigenvalue weighted by Crippen LogP contribution is -2.12. The summed E-state index contributed by atoms with van der Waals surface area (Å²) in [5.41, 5.74) is -0.0344. The number of nitro groups is 1. The monoisotopic (exact) mass is 339 g/mol. The standard InChI is InChI=1S/C11H6ClN5O4S/c12-10-9-11(14-5-13-10)16(6-15-9)22(20,21)8-3-1-7(2-4-8)17(18)19/h1-6H. The highest BCUT2D eigenvalue weighted by Gasteiger charge is 2.22. The molecule has 0 spiro atoms. The first-order valence-electron chi connectivity index (χ1n) is 5.75. The Balaban J connectivity index is 2.16. The molecule has 3 aromatic rings. The molecule has 9 nitrogen and oxygen atoms in total. The quantitative estimate of drug-likeness (QED) is 0.403. The topological polar surface area (TPSA) is 121 Å². The van der Waals surface area contributed by atoms with Crippen LogP contribution in [-0.4, -0.2) is 32.3 Å². The van der Waals surface area contributed by atoms with Crippen molar-refractivity contribution in [2.75, 3.05) is 0 Å². The number of hydrogen-bond acceptors (Lipinski definition) is 7. The number of imidazole rings is 1. The second kappa shape index (κ2) is 5.00. The van der Waals surface area contributed by atoms with Crippen molar-refractivity contribution in [2.45, 2.75) is 4.90 Å². The molecule has 2 heterocycles. The number of hydrogen-bond donors (Lipinski definition) is 0. The summed E-state index contributed by atoms with van der Waals surface area (Å²) in [4.78, 5) is 21.3. The number of nitrogens with zero attached hydrogens (tertiary/aromatic N) is 5. The van der Waals surface area contributed by atoms with Crippen LogP contribution in [0.4, 0.5) is 5.69 Å². The molecule has 0 fully saturated rings. The molecule has 0 atom stereocenters. The molecule has 0 N–H and O–H groups in total. The molecule has 3 rings (SSSR count). The van der Waals surface area contributed by atoms with Gasteiger partial charge in [-0.05, 0) is 12.1 Å². The Kier molecular flexibility index (Phi) is 3.26. The first-order valence-corrected chi connectivity index (χ1v) is 7.56. The van der Waals surface area contributed by atoms with Gasteiger partial charge in [0, 0.05) is 12.1 Å². The summed E-state index contributed by atoms with van der Waals surface area (Å²) in [7, 11) is -4.00. The minimum absolute atomic E-state index is 0.0263. The maximum Gasteiger partial charge on any atom is 0.270 e. The van der Waals surface area contributed by atoms with Crippen molar-refractivity contribution in [1.82, 2.24) is 18.9 Å². The molecular formula is C11H6ClN5O4S. The Morgan fingerprint density at radius 1 is 1.14 bits per heavy atom. The van der Waals surface area contributed by atoms with Gasteiger partial charge in [-0.3, -0.25) is 10.1 Å². The second-order valence-electron chi connectivity index (χ2n) is 4.13. The summed E-state index contributed by atoms with van der Waals surface area (Å²) < 4.78 is 25.9. The zero-order valence-electron chi connectivity index (χ0n) is 10.6. The van der Waals surface area contributed by atoms with Gasteiger partial charge in [0.15, 0.2) is 10.8 Å². The second-order valence-corrected chi connectivity index (χ2v) is 6.31. The van der Waals surface area contributed by atoms with E-state index in [4.69, 9.17) is 11.6 Å². The molecule has 22 heavy (non-hydrogen) atoms. The summed E-state index contributed by atoms with van der Waals surface area (Å²) in [6, 6.07) is 4.49. The van der Waals surface area contributed by atoms with E-state index in [-0.39, 0.29) is 26.9 Å². The van der Waals surface area contributed by atoms with Crippen LogP contribution < -0.4 is 0 Å². The Morgan fingerprint density at radius 2 is 1.82 bits per heavy atom. The van der Waals surface area contributed by atoms with E-state index in [0.717, 1.165) is 40.9 Å². The van der Waals surface area contributed by atoms with Crippen LogP contribution >= 0.6 is 11.6 Å². The molecule has 0 saturated carbocycles. The summed E-state index contributed by atoms with van der Waals surface area (Å²) in [5.74, 6) is 0. The number of aromatic nitrogens is 4. The molecule has 1 aromatic carbocycles. The van der Waals surface area contributed by atoms with Crippen LogP contribution in [0.25, 0.3) is 11.2 Å². The maximum absolute atomic E-state index is 12.6. The molecule has 0 amide bonds. The maximum atomic E-state index is 12.6. The van der Waals surface area contributed by atoms with Crippen LogP contribution in [0.15, 0.2) is 41.8 Å². The molecular weight excluding hydrogens is 334 g/mol. The largest absolute Gasteiger partial charge is 0.270 e. The number of halogens is 1. The van der Waals surface area contributed by atoms with Crippen LogP contribution in [0.1, 0.15) is 0 Å². The lowest BCUT2D eigenvalue weighted by atomic mass is 10.3. The van der Waals surface area contributed by atoms with Gasteiger partial charge in [0.25, 0.3) is 15.7 Å². The zero-order chi connectivity index (χ0) is 15.9. The molecule has 2 aromatic heterocycles. The lowest BCUT2D eigenvalue weighted by Gasteiger charge is -2.05. The zero-order valence-corrected chi connectivity index (χ0v) is 12.2. The fourth-order valence-corrected chi connectivity index (χ4v) is 3.23. The summed E-state index contributed by atoms with van der Waals surface area (Å²) in [5, 5.41) is 10.6. The van der Waals surface area contributed by atoms with Gasteiger partial charge in [-0.1, -0.05) is 11.6 Å². The van der Waals surface area contributed by atoms with E-state index in [1.807, 2.05) is 0 Å². The van der Waals surface area contributed by atoms with E-state index in [2.05, 4.69) is 15.0 Å². The Hall–Kier alpha value is -2.59. The number of benzene rings is 1. The first-order chi connectivity index (χ1) is 10.4. The van der Waals surface area contributed by atoms with Crippen LogP contribution in [0, 0.1) is 10.1 Å². The highest BCUT2D eigenvalue weighted by Crippen LogP contribution is 2.23. The average Bonchev–Trinajstić information content (AvgIpc) is 2.93. The third-order valence-electron chi connectivity index (χ3n) is 2.86. The van der Waals surface area contributed by atoms with Crippen molar-refractivity contribution >= 4 is 38.5 Å². The summed E-state index contributed by atoms with van der Waals surface area (Å²) in [6.45, 7) is 0. The molecule has 0 aliphatic rings. The molecule has 11 heteroatoms. The van der Waals surface area contributed by atoms with Gasteiger partial charge in [-0.15, -0.1) is 0 Å². The Bertz CT molecular complexity index is 983. The minimum Gasteiger partial charge on any atom is -0.258 e. The van der Waals surface area contributed by atoms with E-state index >= 15 is 0 Å². The summed E-state index contributed by atoms with van der Waals surface area (Å²) in [6.07, 6.45) is 2.18. The average molecular weight is 340 g/mol. The molecule has 0 aliphatic heterocycles. The fourth-order valence-electron chi connectivity index (χ4n) is 1.82.